The van der Waals surface area contributed by atoms with Crippen LogP contribution in [0.3, 0.4) is 0 Å². The fraction of sp³-hybridized carbons (Fsp3) is 0.182. The molecule has 2 rings (SSSR count). The summed E-state index contributed by atoms with van der Waals surface area (Å²) in [6.45, 7) is 2.05. The Labute approximate surface area is 98.3 Å². The highest BCUT2D eigenvalue weighted by molar-refractivity contribution is 6.36. The number of halogens is 2. The Balaban J connectivity index is 2.44. The van der Waals surface area contributed by atoms with E-state index in [4.69, 9.17) is 23.2 Å². The molecular weight excluding hydrogens is 231 g/mol. The van der Waals surface area contributed by atoms with Crippen LogP contribution in [0, 0.1) is 0 Å². The molecule has 78 valence electrons. The lowest BCUT2D eigenvalue weighted by atomic mass is 10.2. The zero-order valence-corrected chi connectivity index (χ0v) is 9.73. The number of H-pyrrole nitrogens is 1. The predicted octanol–water partition coefficient (Wildman–Crippen LogP) is 3.95. The maximum absolute atomic E-state index is 6.08. The third-order valence-electron chi connectivity index (χ3n) is 2.18. The van der Waals surface area contributed by atoms with Crippen molar-refractivity contribution in [3.05, 3.63) is 40.3 Å². The summed E-state index contributed by atoms with van der Waals surface area (Å²) in [5.41, 5.74) is 1.85. The average Bonchev–Trinajstić information content (AvgIpc) is 2.66. The number of aromatic nitrogens is 2. The van der Waals surface area contributed by atoms with Gasteiger partial charge in [-0.2, -0.15) is 0 Å². The molecule has 0 aliphatic heterocycles. The molecule has 1 aromatic heterocycles. The molecule has 1 aromatic carbocycles. The molecule has 0 aliphatic rings. The van der Waals surface area contributed by atoms with E-state index in [-0.39, 0.29) is 0 Å². The highest BCUT2D eigenvalue weighted by Gasteiger charge is 2.06. The Hall–Kier alpha value is -0.990. The molecule has 0 fully saturated rings. The second kappa shape index (κ2) is 4.25. The quantitative estimate of drug-likeness (QED) is 0.847. The molecule has 0 saturated carbocycles. The Morgan fingerprint density at radius 2 is 2.13 bits per heavy atom. The fourth-order valence-electron chi connectivity index (χ4n) is 1.39. The van der Waals surface area contributed by atoms with Crippen LogP contribution in [0.5, 0.6) is 0 Å². The van der Waals surface area contributed by atoms with Gasteiger partial charge in [-0.3, -0.25) is 0 Å². The Bertz CT molecular complexity index is 477. The largest absolute Gasteiger partial charge is 0.342 e. The van der Waals surface area contributed by atoms with Gasteiger partial charge in [0.25, 0.3) is 0 Å². The van der Waals surface area contributed by atoms with Crippen molar-refractivity contribution in [1.82, 2.24) is 9.97 Å². The van der Waals surface area contributed by atoms with E-state index in [1.165, 1.54) is 0 Å². The summed E-state index contributed by atoms with van der Waals surface area (Å²) in [6.07, 6.45) is 2.67. The molecule has 0 bridgehead atoms. The zero-order valence-electron chi connectivity index (χ0n) is 8.22. The van der Waals surface area contributed by atoms with Crippen molar-refractivity contribution in [1.29, 1.82) is 0 Å². The van der Waals surface area contributed by atoms with Gasteiger partial charge in [0.2, 0.25) is 0 Å². The summed E-state index contributed by atoms with van der Waals surface area (Å²) in [7, 11) is 0. The molecular formula is C11H10Cl2N2. The lowest BCUT2D eigenvalue weighted by Gasteiger charge is -2.01. The van der Waals surface area contributed by atoms with Crippen LogP contribution in [0.25, 0.3) is 11.3 Å². The summed E-state index contributed by atoms with van der Waals surface area (Å²) in [5, 5.41) is 1.27. The van der Waals surface area contributed by atoms with E-state index >= 15 is 0 Å². The number of aryl methyl sites for hydroxylation is 1. The van der Waals surface area contributed by atoms with Crippen molar-refractivity contribution in [3.63, 3.8) is 0 Å². The van der Waals surface area contributed by atoms with Gasteiger partial charge in [-0.1, -0.05) is 30.1 Å². The Morgan fingerprint density at radius 1 is 1.33 bits per heavy atom. The van der Waals surface area contributed by atoms with E-state index in [0.29, 0.717) is 10.0 Å². The monoisotopic (exact) mass is 240 g/mol. The van der Waals surface area contributed by atoms with Gasteiger partial charge in [-0.25, -0.2) is 4.98 Å². The highest BCUT2D eigenvalue weighted by Crippen LogP contribution is 2.28. The molecule has 4 heteroatoms. The minimum atomic E-state index is 0.633. The summed E-state index contributed by atoms with van der Waals surface area (Å²) in [6, 6.07) is 5.43. The number of rotatable bonds is 2. The Morgan fingerprint density at radius 3 is 2.73 bits per heavy atom. The van der Waals surface area contributed by atoms with Gasteiger partial charge in [0.15, 0.2) is 0 Å². The molecule has 0 saturated heterocycles. The van der Waals surface area contributed by atoms with Crippen LogP contribution in [0.15, 0.2) is 24.4 Å². The molecule has 2 nitrogen and oxygen atoms in total. The van der Waals surface area contributed by atoms with Crippen LogP contribution in [0.1, 0.15) is 12.7 Å². The van der Waals surface area contributed by atoms with E-state index < -0.39 is 0 Å². The summed E-state index contributed by atoms with van der Waals surface area (Å²) in [5.74, 6) is 0.955. The van der Waals surface area contributed by atoms with Crippen LogP contribution >= 0.6 is 23.2 Å². The minimum absolute atomic E-state index is 0.633. The molecule has 0 radical (unpaired) electrons. The van der Waals surface area contributed by atoms with E-state index in [0.717, 1.165) is 23.5 Å². The van der Waals surface area contributed by atoms with E-state index in [1.807, 2.05) is 19.1 Å². The first-order valence-corrected chi connectivity index (χ1v) is 5.45. The molecule has 1 heterocycles. The first kappa shape index (κ1) is 10.5. The first-order chi connectivity index (χ1) is 7.20. The number of imidazole rings is 1. The van der Waals surface area contributed by atoms with Gasteiger partial charge in [-0.15, -0.1) is 0 Å². The van der Waals surface area contributed by atoms with Crippen molar-refractivity contribution in [2.75, 3.05) is 0 Å². The standard InChI is InChI=1S/C11H10Cl2N2/c1-2-11-14-6-10(15-11)8-4-3-7(12)5-9(8)13/h3-6H,2H2,1H3,(H,14,15). The van der Waals surface area contributed by atoms with Gasteiger partial charge in [0.1, 0.15) is 5.82 Å². The third-order valence-corrected chi connectivity index (χ3v) is 2.73. The molecule has 0 aliphatic carbocycles. The molecule has 0 amide bonds. The molecule has 15 heavy (non-hydrogen) atoms. The third kappa shape index (κ3) is 2.16. The van der Waals surface area contributed by atoms with E-state index in [1.54, 1.807) is 12.3 Å². The van der Waals surface area contributed by atoms with Gasteiger partial charge >= 0.3 is 0 Å². The van der Waals surface area contributed by atoms with Crippen LogP contribution in [0.2, 0.25) is 10.0 Å². The van der Waals surface area contributed by atoms with Gasteiger partial charge in [0.05, 0.1) is 16.9 Å². The first-order valence-electron chi connectivity index (χ1n) is 4.70. The lowest BCUT2D eigenvalue weighted by molar-refractivity contribution is 0.991. The van der Waals surface area contributed by atoms with Crippen LogP contribution in [-0.4, -0.2) is 9.97 Å². The van der Waals surface area contributed by atoms with Crippen molar-refractivity contribution in [2.24, 2.45) is 0 Å². The maximum atomic E-state index is 6.08. The van der Waals surface area contributed by atoms with Crippen molar-refractivity contribution < 1.29 is 0 Å². The maximum Gasteiger partial charge on any atom is 0.106 e. The topological polar surface area (TPSA) is 28.7 Å². The number of hydrogen-bond donors (Lipinski definition) is 1. The summed E-state index contributed by atoms with van der Waals surface area (Å²) < 4.78 is 0. The smallest absolute Gasteiger partial charge is 0.106 e. The van der Waals surface area contributed by atoms with Gasteiger partial charge in [0, 0.05) is 17.0 Å². The number of nitrogens with zero attached hydrogens (tertiary/aromatic N) is 1. The zero-order chi connectivity index (χ0) is 10.8. The van der Waals surface area contributed by atoms with Gasteiger partial charge in [-0.05, 0) is 18.2 Å². The number of hydrogen-bond acceptors (Lipinski definition) is 1. The van der Waals surface area contributed by atoms with Crippen molar-refractivity contribution >= 4 is 23.2 Å². The molecule has 2 aromatic rings. The van der Waals surface area contributed by atoms with E-state index in [9.17, 15) is 0 Å². The van der Waals surface area contributed by atoms with E-state index in [2.05, 4.69) is 9.97 Å². The van der Waals surface area contributed by atoms with Crippen LogP contribution < -0.4 is 0 Å². The molecule has 0 spiro atoms. The average molecular weight is 241 g/mol. The van der Waals surface area contributed by atoms with Gasteiger partial charge < -0.3 is 4.98 Å². The second-order valence-corrected chi connectivity index (χ2v) is 4.06. The summed E-state index contributed by atoms with van der Waals surface area (Å²) in [4.78, 5) is 7.43. The molecule has 1 N–H and O–H groups in total. The fourth-order valence-corrected chi connectivity index (χ4v) is 1.90. The second-order valence-electron chi connectivity index (χ2n) is 3.22. The Kier molecular flexibility index (Phi) is 2.98. The molecule has 0 atom stereocenters. The minimum Gasteiger partial charge on any atom is -0.342 e. The van der Waals surface area contributed by atoms with Crippen LogP contribution in [0.4, 0.5) is 0 Å². The number of aromatic amines is 1. The lowest BCUT2D eigenvalue weighted by Crippen LogP contribution is -1.83. The van der Waals surface area contributed by atoms with Crippen molar-refractivity contribution in [2.45, 2.75) is 13.3 Å². The predicted molar refractivity (Wildman–Crippen MR) is 63.4 cm³/mol. The SMILES string of the molecule is CCc1ncc(-c2ccc(Cl)cc2Cl)[nH]1. The summed E-state index contributed by atoms with van der Waals surface area (Å²) >= 11 is 11.9. The normalized spacial score (nSPS) is 10.6. The number of benzene rings is 1. The highest BCUT2D eigenvalue weighted by atomic mass is 35.5. The van der Waals surface area contributed by atoms with Crippen molar-refractivity contribution in [3.8, 4) is 11.3 Å². The molecule has 0 unspecified atom stereocenters. The van der Waals surface area contributed by atoms with Crippen LogP contribution in [-0.2, 0) is 6.42 Å². The number of nitrogens with one attached hydrogen (secondary N) is 1.